The van der Waals surface area contributed by atoms with Crippen LogP contribution in [0.3, 0.4) is 0 Å². The number of halogens is 3. The Balaban J connectivity index is 0.00000361. The first-order valence-corrected chi connectivity index (χ1v) is 6.79. The SMILES string of the molecule is CN=C(NCCC(C)C)NCc1ccc(F)c(Cl)c1.I. The average Bonchev–Trinajstić information content (AvgIpc) is 2.37. The van der Waals surface area contributed by atoms with Crippen LogP contribution in [0.1, 0.15) is 25.8 Å². The first-order valence-electron chi connectivity index (χ1n) is 6.41. The van der Waals surface area contributed by atoms with Crippen LogP contribution in [-0.4, -0.2) is 19.6 Å². The number of hydrogen-bond acceptors (Lipinski definition) is 1. The predicted molar refractivity (Wildman–Crippen MR) is 94.5 cm³/mol. The molecule has 0 aliphatic heterocycles. The molecule has 1 aromatic carbocycles. The van der Waals surface area contributed by atoms with Crippen molar-refractivity contribution in [1.29, 1.82) is 0 Å². The molecule has 2 N–H and O–H groups in total. The van der Waals surface area contributed by atoms with Crippen LogP contribution in [-0.2, 0) is 6.54 Å². The summed E-state index contributed by atoms with van der Waals surface area (Å²) in [6.07, 6.45) is 1.09. The molecule has 0 heterocycles. The topological polar surface area (TPSA) is 36.4 Å². The molecule has 0 spiro atoms. The number of nitrogens with one attached hydrogen (secondary N) is 2. The van der Waals surface area contributed by atoms with E-state index in [0.29, 0.717) is 12.5 Å². The van der Waals surface area contributed by atoms with Crippen molar-refractivity contribution in [1.82, 2.24) is 10.6 Å². The zero-order valence-electron chi connectivity index (χ0n) is 12.0. The summed E-state index contributed by atoms with van der Waals surface area (Å²) in [5.74, 6) is 0.993. The highest BCUT2D eigenvalue weighted by Gasteiger charge is 2.02. The van der Waals surface area contributed by atoms with Gasteiger partial charge < -0.3 is 10.6 Å². The molecule has 1 aromatic rings. The van der Waals surface area contributed by atoms with Gasteiger partial charge in [0, 0.05) is 20.1 Å². The van der Waals surface area contributed by atoms with Gasteiger partial charge in [-0.2, -0.15) is 0 Å². The minimum Gasteiger partial charge on any atom is -0.356 e. The summed E-state index contributed by atoms with van der Waals surface area (Å²) in [4.78, 5) is 4.13. The van der Waals surface area contributed by atoms with Gasteiger partial charge in [-0.05, 0) is 30.0 Å². The fraction of sp³-hybridized carbons (Fsp3) is 0.500. The summed E-state index contributed by atoms with van der Waals surface area (Å²) in [6, 6.07) is 4.69. The third kappa shape index (κ3) is 7.28. The van der Waals surface area contributed by atoms with E-state index >= 15 is 0 Å². The first kappa shape index (κ1) is 19.4. The zero-order chi connectivity index (χ0) is 14.3. The van der Waals surface area contributed by atoms with Crippen molar-refractivity contribution in [2.24, 2.45) is 10.9 Å². The molecular formula is C14H22ClFIN3. The van der Waals surface area contributed by atoms with E-state index in [4.69, 9.17) is 11.6 Å². The van der Waals surface area contributed by atoms with Gasteiger partial charge in [0.05, 0.1) is 5.02 Å². The van der Waals surface area contributed by atoms with Crippen molar-refractivity contribution in [3.8, 4) is 0 Å². The predicted octanol–water partition coefficient (Wildman–Crippen LogP) is 3.81. The second kappa shape index (κ2) is 10.2. The fourth-order valence-electron chi connectivity index (χ4n) is 1.54. The molecule has 20 heavy (non-hydrogen) atoms. The van der Waals surface area contributed by atoms with Crippen LogP contribution in [0, 0.1) is 11.7 Å². The van der Waals surface area contributed by atoms with E-state index in [1.165, 1.54) is 6.07 Å². The van der Waals surface area contributed by atoms with Gasteiger partial charge >= 0.3 is 0 Å². The lowest BCUT2D eigenvalue weighted by Crippen LogP contribution is -2.37. The summed E-state index contributed by atoms with van der Waals surface area (Å²) >= 11 is 5.73. The number of aliphatic imine (C=N–C) groups is 1. The molecule has 114 valence electrons. The number of nitrogens with zero attached hydrogens (tertiary/aromatic N) is 1. The van der Waals surface area contributed by atoms with E-state index in [1.54, 1.807) is 19.2 Å². The second-order valence-corrected chi connectivity index (χ2v) is 5.19. The molecule has 0 atom stereocenters. The van der Waals surface area contributed by atoms with E-state index < -0.39 is 5.82 Å². The lowest BCUT2D eigenvalue weighted by molar-refractivity contribution is 0.573. The maximum absolute atomic E-state index is 13.0. The van der Waals surface area contributed by atoms with Crippen LogP contribution in [0.4, 0.5) is 4.39 Å². The Morgan fingerprint density at radius 3 is 2.60 bits per heavy atom. The molecule has 0 amide bonds. The van der Waals surface area contributed by atoms with Crippen LogP contribution in [0.25, 0.3) is 0 Å². The van der Waals surface area contributed by atoms with Crippen molar-refractivity contribution in [2.75, 3.05) is 13.6 Å². The number of rotatable bonds is 5. The average molecular weight is 414 g/mol. The zero-order valence-corrected chi connectivity index (χ0v) is 15.1. The quantitative estimate of drug-likeness (QED) is 0.437. The Bertz CT molecular complexity index is 438. The summed E-state index contributed by atoms with van der Waals surface area (Å²) in [5, 5.41) is 6.53. The number of hydrogen-bond donors (Lipinski definition) is 2. The monoisotopic (exact) mass is 413 g/mol. The fourth-order valence-corrected chi connectivity index (χ4v) is 1.74. The highest BCUT2D eigenvalue weighted by atomic mass is 127. The highest BCUT2D eigenvalue weighted by Crippen LogP contribution is 2.15. The van der Waals surface area contributed by atoms with Gasteiger partial charge in [-0.1, -0.05) is 31.5 Å². The molecule has 0 saturated carbocycles. The van der Waals surface area contributed by atoms with E-state index in [2.05, 4.69) is 29.5 Å². The molecule has 0 aromatic heterocycles. The summed E-state index contributed by atoms with van der Waals surface area (Å²) in [5.41, 5.74) is 0.915. The van der Waals surface area contributed by atoms with E-state index in [0.717, 1.165) is 24.5 Å². The largest absolute Gasteiger partial charge is 0.356 e. The maximum Gasteiger partial charge on any atom is 0.191 e. The smallest absolute Gasteiger partial charge is 0.191 e. The lowest BCUT2D eigenvalue weighted by Gasteiger charge is -2.13. The van der Waals surface area contributed by atoms with Gasteiger partial charge in [0.25, 0.3) is 0 Å². The first-order chi connectivity index (χ1) is 9.02. The van der Waals surface area contributed by atoms with Crippen molar-refractivity contribution >= 4 is 41.5 Å². The Morgan fingerprint density at radius 1 is 1.35 bits per heavy atom. The van der Waals surface area contributed by atoms with Crippen LogP contribution in [0.15, 0.2) is 23.2 Å². The normalized spacial score (nSPS) is 11.2. The second-order valence-electron chi connectivity index (χ2n) is 4.78. The minimum atomic E-state index is -0.398. The van der Waals surface area contributed by atoms with Crippen molar-refractivity contribution < 1.29 is 4.39 Å². The molecule has 1 rings (SSSR count). The molecule has 0 aliphatic rings. The molecular weight excluding hydrogens is 392 g/mol. The summed E-state index contributed by atoms with van der Waals surface area (Å²) in [7, 11) is 1.72. The number of benzene rings is 1. The van der Waals surface area contributed by atoms with E-state index in [-0.39, 0.29) is 29.0 Å². The van der Waals surface area contributed by atoms with Crippen molar-refractivity contribution in [3.63, 3.8) is 0 Å². The maximum atomic E-state index is 13.0. The van der Waals surface area contributed by atoms with Crippen LogP contribution < -0.4 is 10.6 Å². The number of guanidine groups is 1. The molecule has 0 saturated heterocycles. The van der Waals surface area contributed by atoms with Gasteiger partial charge in [-0.15, -0.1) is 24.0 Å². The van der Waals surface area contributed by atoms with Gasteiger partial charge in [-0.3, -0.25) is 4.99 Å². The Labute approximate surface area is 142 Å². The Hall–Kier alpha value is -0.560. The van der Waals surface area contributed by atoms with Gasteiger partial charge in [0.15, 0.2) is 5.96 Å². The van der Waals surface area contributed by atoms with Gasteiger partial charge in [-0.25, -0.2) is 4.39 Å². The minimum absolute atomic E-state index is 0. The standard InChI is InChI=1S/C14H21ClFN3.HI/c1-10(2)6-7-18-14(17-3)19-9-11-4-5-13(16)12(15)8-11;/h4-5,8,10H,6-7,9H2,1-3H3,(H2,17,18,19);1H. The molecule has 0 fully saturated rings. The molecule has 3 nitrogen and oxygen atoms in total. The van der Waals surface area contributed by atoms with Crippen LogP contribution >= 0.6 is 35.6 Å². The molecule has 0 radical (unpaired) electrons. The highest BCUT2D eigenvalue weighted by molar-refractivity contribution is 14.0. The molecule has 6 heteroatoms. The molecule has 0 aliphatic carbocycles. The van der Waals surface area contributed by atoms with Crippen LogP contribution in [0.5, 0.6) is 0 Å². The van der Waals surface area contributed by atoms with E-state index in [1.807, 2.05) is 0 Å². The lowest BCUT2D eigenvalue weighted by atomic mass is 10.1. The summed E-state index contributed by atoms with van der Waals surface area (Å²) < 4.78 is 13.0. The molecule has 0 bridgehead atoms. The van der Waals surface area contributed by atoms with Crippen molar-refractivity contribution in [2.45, 2.75) is 26.8 Å². The molecule has 0 unspecified atom stereocenters. The van der Waals surface area contributed by atoms with Crippen LogP contribution in [0.2, 0.25) is 5.02 Å². The Morgan fingerprint density at radius 2 is 2.05 bits per heavy atom. The summed E-state index contributed by atoms with van der Waals surface area (Å²) in [6.45, 7) is 5.79. The van der Waals surface area contributed by atoms with Crippen molar-refractivity contribution in [3.05, 3.63) is 34.6 Å². The third-order valence-electron chi connectivity index (χ3n) is 2.68. The van der Waals surface area contributed by atoms with E-state index in [9.17, 15) is 4.39 Å². The third-order valence-corrected chi connectivity index (χ3v) is 2.97. The van der Waals surface area contributed by atoms with Gasteiger partial charge in [0.2, 0.25) is 0 Å². The Kier molecular flexibility index (Phi) is 9.92. The van der Waals surface area contributed by atoms with Gasteiger partial charge in [0.1, 0.15) is 5.82 Å².